The first-order valence-electron chi connectivity index (χ1n) is 31.2. The molecule has 46 heteroatoms. The van der Waals surface area contributed by atoms with Gasteiger partial charge in [-0.2, -0.15) is 80.4 Å². The maximum Gasteiger partial charge on any atom is 0.296 e. The summed E-state index contributed by atoms with van der Waals surface area (Å²) in [4.78, 5) is 109. The summed E-state index contributed by atoms with van der Waals surface area (Å²) < 4.78 is 215. The van der Waals surface area contributed by atoms with Crippen LogP contribution in [0.4, 0.5) is 57.9 Å². The SMILES string of the molecule is O=C(c1cccc(S(=O)(=O)O)c1)c1c2c3c(c(Nc4cc(Nc5nc(Cl)nc(NCCNc6nc(Cl)nc(Nc7cc(Nc8ccc9[nH]c(=O)c(C(=O)c%10cccc(S(=O)(=O)O)c%10)c%10c9c8C(=O)c8ccccc8-%10)c(S(=O)(=O)O)cc7S(=O)(=O)O)n6)n5)c(S(=O)(=O)O)cc4S(=O)(=O)O)ccc3[nH]c1=O)C(=O)c1ccccc1-2. The summed E-state index contributed by atoms with van der Waals surface area (Å²) in [5.74, 6) is -5.73. The highest BCUT2D eigenvalue weighted by Crippen LogP contribution is 2.48. The molecule has 14 N–H and O–H groups in total. The highest BCUT2D eigenvalue weighted by Gasteiger charge is 2.38. The second-order valence-electron chi connectivity index (χ2n) is 24.1. The molecule has 0 saturated carbocycles. The molecule has 38 nitrogen and oxygen atoms in total. The van der Waals surface area contributed by atoms with Crippen molar-refractivity contribution in [3.63, 3.8) is 0 Å². The van der Waals surface area contributed by atoms with Gasteiger partial charge in [-0.1, -0.05) is 72.8 Å². The zero-order chi connectivity index (χ0) is 80.4. The summed E-state index contributed by atoms with van der Waals surface area (Å²) in [7, 11) is -31.8. The molecule has 0 aliphatic heterocycles. The van der Waals surface area contributed by atoms with Gasteiger partial charge in [0, 0.05) is 68.3 Å². The third-order valence-corrected chi connectivity index (χ3v) is 22.8. The second kappa shape index (κ2) is 27.9. The minimum Gasteiger partial charge on any atom is -0.354 e. The third kappa shape index (κ3) is 14.5. The van der Waals surface area contributed by atoms with Crippen LogP contribution in [-0.4, -0.2) is 154 Å². The number of hydrogen-bond donors (Lipinski definition) is 14. The van der Waals surface area contributed by atoms with Gasteiger partial charge in [-0.15, -0.1) is 0 Å². The topological polar surface area (TPSA) is 610 Å². The number of rotatable bonds is 23. The number of benzene rings is 8. The molecule has 14 rings (SSSR count). The van der Waals surface area contributed by atoms with Crippen molar-refractivity contribution in [2.24, 2.45) is 0 Å². The second-order valence-corrected chi connectivity index (χ2v) is 33.2. The lowest BCUT2D eigenvalue weighted by Gasteiger charge is -2.24. The molecule has 2 aliphatic rings. The van der Waals surface area contributed by atoms with Gasteiger partial charge < -0.3 is 41.9 Å². The van der Waals surface area contributed by atoms with Crippen LogP contribution in [0.3, 0.4) is 0 Å². The molecule has 0 saturated heterocycles. The minimum atomic E-state index is -5.53. The van der Waals surface area contributed by atoms with Crippen molar-refractivity contribution in [3.8, 4) is 22.3 Å². The molecule has 4 heterocycles. The molecule has 0 unspecified atom stereocenters. The molecule has 2 aliphatic carbocycles. The van der Waals surface area contributed by atoms with E-state index in [2.05, 4.69) is 71.8 Å². The number of halogens is 2. The van der Waals surface area contributed by atoms with Gasteiger partial charge in [0.05, 0.1) is 66.2 Å². The molecule has 570 valence electrons. The number of ketones is 4. The fourth-order valence-corrected chi connectivity index (χ4v) is 16.7. The van der Waals surface area contributed by atoms with Gasteiger partial charge in [-0.05, 0) is 107 Å². The van der Waals surface area contributed by atoms with E-state index in [-0.39, 0.29) is 114 Å². The van der Waals surface area contributed by atoms with Crippen molar-refractivity contribution in [1.29, 1.82) is 0 Å². The van der Waals surface area contributed by atoms with Crippen LogP contribution >= 0.6 is 23.2 Å². The zero-order valence-electron chi connectivity index (χ0n) is 55.2. The van der Waals surface area contributed by atoms with Crippen molar-refractivity contribution < 1.29 is 97.0 Å². The summed E-state index contributed by atoms with van der Waals surface area (Å²) in [5, 5.41) is 14.5. The Hall–Kier alpha value is -12.3. The molecule has 12 aromatic rings. The zero-order valence-corrected chi connectivity index (χ0v) is 61.6. The molecule has 0 atom stereocenters. The Balaban J connectivity index is 0.745. The molecule has 0 fully saturated rings. The Morgan fingerprint density at radius 3 is 1.02 bits per heavy atom. The van der Waals surface area contributed by atoms with Crippen molar-refractivity contribution >= 4 is 187 Å². The number of pyridine rings is 2. The number of anilines is 10. The number of hydrogen-bond acceptors (Lipinski definition) is 30. The van der Waals surface area contributed by atoms with E-state index in [0.717, 1.165) is 60.7 Å². The number of H-pyrrole nitrogens is 2. The normalized spacial score (nSPS) is 12.8. The van der Waals surface area contributed by atoms with Crippen LogP contribution in [0.1, 0.15) is 63.7 Å². The van der Waals surface area contributed by atoms with E-state index < -0.39 is 181 Å². The van der Waals surface area contributed by atoms with Crippen LogP contribution in [0, 0.1) is 0 Å². The summed E-state index contributed by atoms with van der Waals surface area (Å²) >= 11 is 12.6. The molecular formula is C66H42Cl2N14O24S6. The summed E-state index contributed by atoms with van der Waals surface area (Å²) in [6.07, 6.45) is 0. The van der Waals surface area contributed by atoms with Crippen LogP contribution in [-0.2, 0) is 60.7 Å². The molecule has 8 aromatic carbocycles. The number of aromatic nitrogens is 8. The van der Waals surface area contributed by atoms with E-state index in [4.69, 9.17) is 23.2 Å². The van der Waals surface area contributed by atoms with Gasteiger partial charge in [0.15, 0.2) is 23.1 Å². The van der Waals surface area contributed by atoms with Gasteiger partial charge >= 0.3 is 0 Å². The van der Waals surface area contributed by atoms with Gasteiger partial charge in [0.2, 0.25) is 34.4 Å². The highest BCUT2D eigenvalue weighted by molar-refractivity contribution is 7.87. The average molecular weight is 1680 g/mol. The van der Waals surface area contributed by atoms with Crippen LogP contribution in [0.2, 0.25) is 10.6 Å². The van der Waals surface area contributed by atoms with E-state index >= 15 is 0 Å². The molecule has 4 aromatic heterocycles. The van der Waals surface area contributed by atoms with Crippen LogP contribution in [0.25, 0.3) is 44.1 Å². The first-order chi connectivity index (χ1) is 52.6. The summed E-state index contributed by atoms with van der Waals surface area (Å²) in [6, 6.07) is 26.6. The molecule has 0 bridgehead atoms. The summed E-state index contributed by atoms with van der Waals surface area (Å²) in [5.41, 5.74) is -8.71. The molecule has 0 radical (unpaired) electrons. The lowest BCUT2D eigenvalue weighted by atomic mass is 9.80. The maximum atomic E-state index is 14.7. The van der Waals surface area contributed by atoms with Crippen molar-refractivity contribution in [3.05, 3.63) is 221 Å². The Bertz CT molecular complexity index is 6740. The molecule has 0 spiro atoms. The van der Waals surface area contributed by atoms with Crippen molar-refractivity contribution in [1.82, 2.24) is 39.9 Å². The lowest BCUT2D eigenvalue weighted by Crippen LogP contribution is -2.24. The van der Waals surface area contributed by atoms with E-state index in [1.54, 1.807) is 0 Å². The first kappa shape index (κ1) is 76.5. The predicted octanol–water partition coefficient (Wildman–Crippen LogP) is 7.91. The summed E-state index contributed by atoms with van der Waals surface area (Å²) in [6.45, 7) is -0.486. The number of nitrogens with zero attached hydrogens (tertiary/aromatic N) is 6. The van der Waals surface area contributed by atoms with Crippen LogP contribution < -0.4 is 43.0 Å². The Morgan fingerprint density at radius 2 is 0.679 bits per heavy atom. The largest absolute Gasteiger partial charge is 0.354 e. The van der Waals surface area contributed by atoms with Crippen molar-refractivity contribution in [2.75, 3.05) is 45.0 Å². The fraction of sp³-hybridized carbons (Fsp3) is 0.0303. The van der Waals surface area contributed by atoms with Crippen molar-refractivity contribution in [2.45, 2.75) is 29.4 Å². The smallest absolute Gasteiger partial charge is 0.296 e. The van der Waals surface area contributed by atoms with Gasteiger partial charge in [-0.25, -0.2) is 0 Å². The third-order valence-electron chi connectivity index (χ3n) is 17.2. The maximum absolute atomic E-state index is 14.7. The van der Waals surface area contributed by atoms with E-state index in [9.17, 15) is 107 Å². The van der Waals surface area contributed by atoms with E-state index in [1.807, 2.05) is 0 Å². The Morgan fingerprint density at radius 1 is 0.348 bits per heavy atom. The fourth-order valence-electron chi connectivity index (χ4n) is 12.6. The number of nitrogens with one attached hydrogen (secondary N) is 8. The number of carbonyl (C=O) groups is 4. The first-order valence-corrected chi connectivity index (χ1v) is 40.6. The quantitative estimate of drug-likeness (QED) is 0.0164. The highest BCUT2D eigenvalue weighted by atomic mass is 35.5. The minimum absolute atomic E-state index is 0.0508. The van der Waals surface area contributed by atoms with Crippen LogP contribution in [0.15, 0.2) is 185 Å². The molecule has 112 heavy (non-hydrogen) atoms. The standard InChI is InChI=1S/C66H42Cl2N14O24S6/c67-61-77-63(81-65(79-61)75-41-23-39(43(109(95,96)97)25-45(41)111(101,102)103)71-37-17-15-35-49-47(31-11-1-3-13-33(31)57(85)51(37)49)53(59(87)73-35)55(83)27-7-5-9-29(21-27)107(89,90)91)69-19-20-70-64-78-62(68)80-66(82-64)76-42-24-40(44(110(98,99)100)26-46(42)112(104,105)106)72-38-18-16-36-50-48(32-12-2-4-14-34(32)58(86)52(38)50)54(60(88)74-36)56(84)28-8-6-10-30(22-28)108(92,93)94/h1-18,21-26,71-72H,19-20H2,(H,73,87)(H,74,88)(H,89,90,91)(H,92,93,94)(H,95,96,97)(H,98,99,100)(H,101,102,103)(H,104,105,106)(H2,69,75,77,79,81)(H2,70,76,78,80,82). The predicted molar refractivity (Wildman–Crippen MR) is 398 cm³/mol. The number of fused-ring (bicyclic) bond motifs is 4. The monoisotopic (exact) mass is 1680 g/mol. The van der Waals surface area contributed by atoms with Crippen LogP contribution in [0.5, 0.6) is 0 Å². The Labute approximate surface area is 637 Å². The lowest BCUT2D eigenvalue weighted by molar-refractivity contribution is 0.102. The van der Waals surface area contributed by atoms with Gasteiger partial charge in [-0.3, -0.25) is 56.1 Å². The van der Waals surface area contributed by atoms with E-state index in [1.165, 1.54) is 72.8 Å². The van der Waals surface area contributed by atoms with Gasteiger partial charge in [0.1, 0.15) is 19.6 Å². The number of carbonyl (C=O) groups excluding carboxylic acids is 4. The average Bonchev–Trinajstić information content (AvgIpc) is 0.716. The van der Waals surface area contributed by atoms with Gasteiger partial charge in [0.25, 0.3) is 71.8 Å². The Kier molecular flexibility index (Phi) is 19.1. The van der Waals surface area contributed by atoms with E-state index in [0.29, 0.717) is 12.1 Å². The molecular weight excluding hydrogens is 1640 g/mol. The number of aromatic amines is 2. The molecule has 0 amide bonds.